The van der Waals surface area contributed by atoms with Gasteiger partial charge < -0.3 is 9.84 Å². The second kappa shape index (κ2) is 9.86. The van der Waals surface area contributed by atoms with Gasteiger partial charge in [-0.15, -0.1) is 0 Å². The first-order valence-corrected chi connectivity index (χ1v) is 10.8. The topological polar surface area (TPSA) is 95.9 Å². The first-order chi connectivity index (χ1) is 16.3. The molecule has 0 atom stereocenters. The fourth-order valence-electron chi connectivity index (χ4n) is 3.27. The highest BCUT2D eigenvalue weighted by atomic mass is 35.5. The van der Waals surface area contributed by atoms with E-state index in [-0.39, 0.29) is 22.9 Å². The number of ether oxygens (including phenoxy) is 1. The summed E-state index contributed by atoms with van der Waals surface area (Å²) in [6.07, 6.45) is 1.45. The molecule has 9 heteroatoms. The highest BCUT2D eigenvalue weighted by Crippen LogP contribution is 2.27. The van der Waals surface area contributed by atoms with Crippen molar-refractivity contribution in [3.8, 4) is 5.75 Å². The predicted molar refractivity (Wildman–Crippen MR) is 132 cm³/mol. The number of nitrogens with zero attached hydrogens (tertiary/aromatic N) is 1. The molecule has 7 nitrogen and oxygen atoms in total. The zero-order chi connectivity index (χ0) is 24.2. The molecule has 1 aliphatic heterocycles. The van der Waals surface area contributed by atoms with Gasteiger partial charge in [0.05, 0.1) is 11.3 Å². The lowest BCUT2D eigenvalue weighted by Gasteiger charge is -2.29. The number of carbonyl (C=O) groups excluding carboxylic acids is 2. The van der Waals surface area contributed by atoms with Gasteiger partial charge in [0.15, 0.2) is 5.11 Å². The Labute approximate surface area is 205 Å². The van der Waals surface area contributed by atoms with Crippen LogP contribution in [0.4, 0.5) is 5.69 Å². The van der Waals surface area contributed by atoms with Crippen LogP contribution in [0.3, 0.4) is 0 Å². The standard InChI is InChI=1S/C25H17ClN2O5S/c26-18-9-11-19(12-10-18)28-23(30)20(22(29)27-25(28)34)13-17-3-1-2-4-21(17)33-14-15-5-7-16(8-6-15)24(31)32/h1-13H,14H2,(H,31,32)(H,27,29,34)/b20-13+. The molecular formula is C25H17ClN2O5S. The van der Waals surface area contributed by atoms with Crippen molar-refractivity contribution in [2.45, 2.75) is 6.61 Å². The Kier molecular flexibility index (Phi) is 6.72. The molecule has 4 rings (SSSR count). The summed E-state index contributed by atoms with van der Waals surface area (Å²) in [5.41, 5.74) is 1.83. The largest absolute Gasteiger partial charge is 0.488 e. The molecule has 1 heterocycles. The second-order valence-corrected chi connectivity index (χ2v) is 8.09. The molecule has 0 unspecified atom stereocenters. The molecule has 0 aliphatic carbocycles. The van der Waals surface area contributed by atoms with Crippen LogP contribution in [0.5, 0.6) is 5.75 Å². The molecule has 3 aromatic rings. The first kappa shape index (κ1) is 23.2. The van der Waals surface area contributed by atoms with Crippen molar-refractivity contribution in [3.05, 3.63) is 100 Å². The van der Waals surface area contributed by atoms with E-state index in [1.165, 1.54) is 23.1 Å². The van der Waals surface area contributed by atoms with Gasteiger partial charge in [-0.1, -0.05) is 41.9 Å². The molecule has 0 bridgehead atoms. The van der Waals surface area contributed by atoms with Crippen molar-refractivity contribution in [2.75, 3.05) is 4.90 Å². The maximum Gasteiger partial charge on any atom is 0.335 e. The van der Waals surface area contributed by atoms with E-state index in [0.717, 1.165) is 5.56 Å². The van der Waals surface area contributed by atoms with Crippen LogP contribution in [0.25, 0.3) is 6.08 Å². The van der Waals surface area contributed by atoms with Gasteiger partial charge in [-0.05, 0) is 66.3 Å². The number of amides is 2. The van der Waals surface area contributed by atoms with Crippen LogP contribution in [0.15, 0.2) is 78.4 Å². The molecule has 0 radical (unpaired) electrons. The number of carboxylic acid groups (broad SMARTS) is 1. The fraction of sp³-hybridized carbons (Fsp3) is 0.0400. The quantitative estimate of drug-likeness (QED) is 0.300. The highest BCUT2D eigenvalue weighted by Gasteiger charge is 2.34. The number of nitrogens with one attached hydrogen (secondary N) is 1. The van der Waals surface area contributed by atoms with Crippen molar-refractivity contribution in [2.24, 2.45) is 0 Å². The van der Waals surface area contributed by atoms with E-state index in [1.54, 1.807) is 60.7 Å². The number of anilines is 1. The minimum atomic E-state index is -1.01. The van der Waals surface area contributed by atoms with Gasteiger partial charge in [-0.2, -0.15) is 0 Å². The van der Waals surface area contributed by atoms with Crippen LogP contribution in [-0.4, -0.2) is 28.0 Å². The molecule has 1 fully saturated rings. The Morgan fingerprint density at radius 3 is 2.38 bits per heavy atom. The van der Waals surface area contributed by atoms with E-state index in [2.05, 4.69) is 5.32 Å². The molecule has 2 amide bonds. The summed E-state index contributed by atoms with van der Waals surface area (Å²) in [6.45, 7) is 0.168. The van der Waals surface area contributed by atoms with Crippen LogP contribution in [0, 0.1) is 0 Å². The lowest BCUT2D eigenvalue weighted by molar-refractivity contribution is -0.122. The van der Waals surface area contributed by atoms with Crippen molar-refractivity contribution < 1.29 is 24.2 Å². The number of carboxylic acids is 1. The van der Waals surface area contributed by atoms with Crippen LogP contribution >= 0.6 is 23.8 Å². The molecule has 0 spiro atoms. The lowest BCUT2D eigenvalue weighted by Crippen LogP contribution is -2.54. The van der Waals surface area contributed by atoms with Gasteiger partial charge in [0.1, 0.15) is 17.9 Å². The SMILES string of the molecule is O=C1NC(=S)N(c2ccc(Cl)cc2)C(=O)/C1=C/c1ccccc1OCc1ccc(C(=O)O)cc1. The van der Waals surface area contributed by atoms with Crippen LogP contribution in [0.1, 0.15) is 21.5 Å². The summed E-state index contributed by atoms with van der Waals surface area (Å²) in [4.78, 5) is 38.0. The molecule has 2 N–H and O–H groups in total. The van der Waals surface area contributed by atoms with Crippen LogP contribution in [-0.2, 0) is 16.2 Å². The van der Waals surface area contributed by atoms with Gasteiger partial charge in [-0.3, -0.25) is 19.8 Å². The normalized spacial score (nSPS) is 14.8. The van der Waals surface area contributed by atoms with Gasteiger partial charge in [-0.25, -0.2) is 4.79 Å². The third-order valence-corrected chi connectivity index (χ3v) is 5.54. The third kappa shape index (κ3) is 4.98. The Hall–Kier alpha value is -4.01. The summed E-state index contributed by atoms with van der Waals surface area (Å²) in [5.74, 6) is -1.74. The number of aromatic carboxylic acids is 1. The number of carbonyl (C=O) groups is 3. The molecule has 34 heavy (non-hydrogen) atoms. The Balaban J connectivity index is 1.59. The summed E-state index contributed by atoms with van der Waals surface area (Å²) >= 11 is 11.1. The van der Waals surface area contributed by atoms with Crippen molar-refractivity contribution in [1.29, 1.82) is 0 Å². The second-order valence-electron chi connectivity index (χ2n) is 7.26. The first-order valence-electron chi connectivity index (χ1n) is 10.0. The van der Waals surface area contributed by atoms with E-state index < -0.39 is 17.8 Å². The smallest absolute Gasteiger partial charge is 0.335 e. The zero-order valence-electron chi connectivity index (χ0n) is 17.5. The number of hydrogen-bond donors (Lipinski definition) is 2. The monoisotopic (exact) mass is 492 g/mol. The van der Waals surface area contributed by atoms with Gasteiger partial charge in [0.25, 0.3) is 11.8 Å². The Morgan fingerprint density at radius 2 is 1.71 bits per heavy atom. The van der Waals surface area contributed by atoms with Crippen molar-refractivity contribution in [3.63, 3.8) is 0 Å². The number of halogens is 1. The Bertz CT molecular complexity index is 1320. The summed E-state index contributed by atoms with van der Waals surface area (Å²) in [6, 6.07) is 19.8. The number of benzene rings is 3. The maximum absolute atomic E-state index is 13.2. The van der Waals surface area contributed by atoms with E-state index in [0.29, 0.717) is 22.0 Å². The molecule has 0 aromatic heterocycles. The van der Waals surface area contributed by atoms with Gasteiger partial charge >= 0.3 is 5.97 Å². The Morgan fingerprint density at radius 1 is 1.03 bits per heavy atom. The molecule has 170 valence electrons. The maximum atomic E-state index is 13.2. The molecular weight excluding hydrogens is 476 g/mol. The van der Waals surface area contributed by atoms with E-state index in [4.69, 9.17) is 33.7 Å². The molecule has 0 saturated carbocycles. The average Bonchev–Trinajstić information content (AvgIpc) is 2.82. The predicted octanol–water partition coefficient (Wildman–Crippen LogP) is 4.45. The van der Waals surface area contributed by atoms with Crippen LogP contribution < -0.4 is 15.0 Å². The van der Waals surface area contributed by atoms with E-state index >= 15 is 0 Å². The summed E-state index contributed by atoms with van der Waals surface area (Å²) < 4.78 is 5.89. The van der Waals surface area contributed by atoms with E-state index in [9.17, 15) is 14.4 Å². The number of thiocarbonyl (C=S) groups is 1. The van der Waals surface area contributed by atoms with Crippen LogP contribution in [0.2, 0.25) is 5.02 Å². The van der Waals surface area contributed by atoms with E-state index in [1.807, 2.05) is 0 Å². The minimum Gasteiger partial charge on any atom is -0.488 e. The lowest BCUT2D eigenvalue weighted by atomic mass is 10.1. The molecule has 1 saturated heterocycles. The fourth-order valence-corrected chi connectivity index (χ4v) is 3.68. The summed E-state index contributed by atoms with van der Waals surface area (Å²) in [5, 5.41) is 12.0. The van der Waals surface area contributed by atoms with Gasteiger partial charge in [0.2, 0.25) is 0 Å². The number of rotatable bonds is 6. The zero-order valence-corrected chi connectivity index (χ0v) is 19.1. The van der Waals surface area contributed by atoms with Crippen molar-refractivity contribution >= 4 is 58.5 Å². The summed E-state index contributed by atoms with van der Waals surface area (Å²) in [7, 11) is 0. The minimum absolute atomic E-state index is 0.0242. The molecule has 1 aliphatic rings. The highest BCUT2D eigenvalue weighted by molar-refractivity contribution is 7.80. The van der Waals surface area contributed by atoms with Gasteiger partial charge in [0, 0.05) is 10.6 Å². The number of hydrogen-bond acceptors (Lipinski definition) is 5. The third-order valence-electron chi connectivity index (χ3n) is 5.00. The number of para-hydroxylation sites is 1. The van der Waals surface area contributed by atoms with Crippen molar-refractivity contribution in [1.82, 2.24) is 5.32 Å². The average molecular weight is 493 g/mol. The molecule has 3 aromatic carbocycles.